The van der Waals surface area contributed by atoms with Crippen molar-refractivity contribution in [3.05, 3.63) is 29.8 Å². The number of carbonyl (C=O) groups is 2. The summed E-state index contributed by atoms with van der Waals surface area (Å²) >= 11 is 0. The fourth-order valence-electron chi connectivity index (χ4n) is 5.79. The normalized spacial score (nSPS) is 27.4. The van der Waals surface area contributed by atoms with Crippen molar-refractivity contribution in [1.29, 1.82) is 0 Å². The van der Waals surface area contributed by atoms with E-state index in [1.54, 1.807) is 6.92 Å². The largest absolute Gasteiger partial charge is 0.450 e. The predicted molar refractivity (Wildman–Crippen MR) is 122 cm³/mol. The van der Waals surface area contributed by atoms with Crippen LogP contribution in [-0.4, -0.2) is 48.7 Å². The second-order valence-electron chi connectivity index (χ2n) is 9.64. The molecule has 0 aromatic heterocycles. The highest BCUT2D eigenvalue weighted by atomic mass is 16.5. The smallest absolute Gasteiger partial charge is 0.408 e. The summed E-state index contributed by atoms with van der Waals surface area (Å²) in [5, 5.41) is 2.77. The summed E-state index contributed by atoms with van der Waals surface area (Å²) in [4.78, 5) is 29.9. The number of rotatable bonds is 5. The molecule has 4 rings (SSSR count). The number of piperidine rings is 1. The minimum absolute atomic E-state index is 0.0369. The number of amides is 2. The van der Waals surface area contributed by atoms with Crippen LogP contribution in [0.2, 0.25) is 0 Å². The summed E-state index contributed by atoms with van der Waals surface area (Å²) in [6.45, 7) is 8.85. The zero-order valence-corrected chi connectivity index (χ0v) is 19.2. The summed E-state index contributed by atoms with van der Waals surface area (Å²) in [6, 6.07) is 8.06. The minimum atomic E-state index is -0.653. The lowest BCUT2D eigenvalue weighted by Crippen LogP contribution is -2.51. The third-order valence-electron chi connectivity index (χ3n) is 7.59. The minimum Gasteiger partial charge on any atom is -0.450 e. The molecule has 1 aliphatic carbocycles. The maximum Gasteiger partial charge on any atom is 0.408 e. The van der Waals surface area contributed by atoms with Gasteiger partial charge in [0, 0.05) is 36.4 Å². The fourth-order valence-corrected chi connectivity index (χ4v) is 5.79. The van der Waals surface area contributed by atoms with Gasteiger partial charge in [-0.1, -0.05) is 32.0 Å². The number of alkyl carbamates (subject to hydrolysis) is 1. The van der Waals surface area contributed by atoms with Crippen molar-refractivity contribution in [1.82, 2.24) is 10.2 Å². The van der Waals surface area contributed by atoms with Gasteiger partial charge in [-0.25, -0.2) is 4.79 Å². The summed E-state index contributed by atoms with van der Waals surface area (Å²) in [6.07, 6.45) is 6.74. The van der Waals surface area contributed by atoms with Crippen LogP contribution in [0.4, 0.5) is 10.5 Å². The van der Waals surface area contributed by atoms with Gasteiger partial charge in [0.2, 0.25) is 0 Å². The third kappa shape index (κ3) is 4.59. The van der Waals surface area contributed by atoms with Gasteiger partial charge in [-0.05, 0) is 63.4 Å². The Morgan fingerprint density at radius 1 is 1.06 bits per heavy atom. The number of ether oxygens (including phenoxy) is 1. The number of likely N-dealkylation sites (tertiary alicyclic amines) is 1. The number of carbonyl (C=O) groups excluding carboxylic acids is 2. The Morgan fingerprint density at radius 3 is 2.39 bits per heavy atom. The highest BCUT2D eigenvalue weighted by molar-refractivity contribution is 6.06. The van der Waals surface area contributed by atoms with Crippen molar-refractivity contribution in [2.24, 2.45) is 11.8 Å². The Balaban J connectivity index is 1.39. The topological polar surface area (TPSA) is 61.9 Å². The molecule has 0 spiro atoms. The monoisotopic (exact) mass is 427 g/mol. The molecule has 1 saturated heterocycles. The highest BCUT2D eigenvalue weighted by Crippen LogP contribution is 2.40. The molecule has 1 atom stereocenters. The van der Waals surface area contributed by atoms with Gasteiger partial charge in [-0.3, -0.25) is 4.79 Å². The molecule has 2 amide bonds. The van der Waals surface area contributed by atoms with Gasteiger partial charge in [0.05, 0.1) is 6.61 Å². The van der Waals surface area contributed by atoms with Gasteiger partial charge in [0.1, 0.15) is 6.04 Å². The Hall–Kier alpha value is -2.08. The highest BCUT2D eigenvalue weighted by Gasteiger charge is 2.43. The van der Waals surface area contributed by atoms with E-state index in [1.165, 1.54) is 25.7 Å². The van der Waals surface area contributed by atoms with Crippen molar-refractivity contribution in [3.63, 3.8) is 0 Å². The number of hydrogen-bond acceptors (Lipinski definition) is 4. The average Bonchev–Trinajstić information content (AvgIpc) is 3.05. The maximum atomic E-state index is 13.3. The first kappa shape index (κ1) is 22.1. The molecule has 1 unspecified atom stereocenters. The Morgan fingerprint density at radius 2 is 1.74 bits per heavy atom. The molecular weight excluding hydrogens is 390 g/mol. The number of nitrogens with one attached hydrogen (secondary N) is 1. The molecule has 1 N–H and O–H groups in total. The van der Waals surface area contributed by atoms with Gasteiger partial charge in [-0.15, -0.1) is 0 Å². The summed E-state index contributed by atoms with van der Waals surface area (Å²) < 4.78 is 5.02. The van der Waals surface area contributed by atoms with Crippen LogP contribution in [0.1, 0.15) is 70.9 Å². The van der Waals surface area contributed by atoms with Crippen molar-refractivity contribution >= 4 is 17.7 Å². The Labute approximate surface area is 186 Å². The van der Waals surface area contributed by atoms with E-state index in [4.69, 9.17) is 4.74 Å². The zero-order valence-electron chi connectivity index (χ0n) is 19.2. The fraction of sp³-hybridized carbons (Fsp3) is 0.680. The van der Waals surface area contributed by atoms with Gasteiger partial charge < -0.3 is 19.9 Å². The first-order valence-electron chi connectivity index (χ1n) is 12.1. The van der Waals surface area contributed by atoms with Gasteiger partial charge in [0.25, 0.3) is 5.91 Å². The lowest BCUT2D eigenvalue weighted by atomic mass is 9.79. The zero-order chi connectivity index (χ0) is 22.0. The molecule has 0 bridgehead atoms. The van der Waals surface area contributed by atoms with E-state index in [-0.39, 0.29) is 18.6 Å². The molecule has 170 valence electrons. The Kier molecular flexibility index (Phi) is 6.85. The lowest BCUT2D eigenvalue weighted by Gasteiger charge is -2.43. The van der Waals surface area contributed by atoms with Crippen molar-refractivity contribution in [2.45, 2.75) is 77.4 Å². The first-order valence-corrected chi connectivity index (χ1v) is 12.1. The summed E-state index contributed by atoms with van der Waals surface area (Å²) in [7, 11) is 0. The van der Waals surface area contributed by atoms with Crippen LogP contribution in [0, 0.1) is 11.8 Å². The van der Waals surface area contributed by atoms with Crippen molar-refractivity contribution < 1.29 is 14.3 Å². The lowest BCUT2D eigenvalue weighted by molar-refractivity contribution is -0.120. The number of nitrogens with zero attached hydrogens (tertiary/aromatic N) is 2. The standard InChI is InChI=1S/C25H37N3O3/c1-4-31-25(30)26-23-21-7-5-6-8-22(21)28(24(23)29)20-13-15-27(16-14-20)19-11-9-18(10-12-19)17(2)3/h5-8,17-20,23H,4,9-16H2,1-3H3,(H,26,30). The Bertz CT molecular complexity index is 780. The average molecular weight is 428 g/mol. The van der Waals surface area contributed by atoms with Crippen LogP contribution in [0.15, 0.2) is 24.3 Å². The molecule has 31 heavy (non-hydrogen) atoms. The first-order chi connectivity index (χ1) is 15.0. The van der Waals surface area contributed by atoms with E-state index in [0.29, 0.717) is 6.04 Å². The number of benzene rings is 1. The van der Waals surface area contributed by atoms with Crippen LogP contribution >= 0.6 is 0 Å². The van der Waals surface area contributed by atoms with Crippen LogP contribution in [0.5, 0.6) is 0 Å². The molecular formula is C25H37N3O3. The second kappa shape index (κ2) is 9.60. The van der Waals surface area contributed by atoms with Crippen molar-refractivity contribution in [2.75, 3.05) is 24.6 Å². The van der Waals surface area contributed by atoms with E-state index in [1.807, 2.05) is 29.2 Å². The molecule has 2 aliphatic heterocycles. The van der Waals surface area contributed by atoms with Gasteiger partial charge >= 0.3 is 6.09 Å². The van der Waals surface area contributed by atoms with Crippen LogP contribution in [0.25, 0.3) is 0 Å². The van der Waals surface area contributed by atoms with Crippen molar-refractivity contribution in [3.8, 4) is 0 Å². The SMILES string of the molecule is CCOC(=O)NC1C(=O)N(C2CCN(C3CCC(C(C)C)CC3)CC2)c2ccccc21. The molecule has 1 aromatic rings. The van der Waals surface area contributed by atoms with E-state index >= 15 is 0 Å². The van der Waals surface area contributed by atoms with E-state index in [0.717, 1.165) is 49.0 Å². The summed E-state index contributed by atoms with van der Waals surface area (Å²) in [5.41, 5.74) is 1.81. The molecule has 1 aromatic carbocycles. The van der Waals surface area contributed by atoms with E-state index in [2.05, 4.69) is 24.1 Å². The molecule has 6 nitrogen and oxygen atoms in total. The molecule has 2 fully saturated rings. The number of fused-ring (bicyclic) bond motifs is 1. The van der Waals surface area contributed by atoms with Crippen LogP contribution in [0.3, 0.4) is 0 Å². The van der Waals surface area contributed by atoms with E-state index in [9.17, 15) is 9.59 Å². The molecule has 1 saturated carbocycles. The van der Waals surface area contributed by atoms with E-state index < -0.39 is 12.1 Å². The molecule has 3 aliphatic rings. The van der Waals surface area contributed by atoms with Crippen LogP contribution in [-0.2, 0) is 9.53 Å². The molecule has 6 heteroatoms. The summed E-state index contributed by atoms with van der Waals surface area (Å²) in [5.74, 6) is 1.64. The number of hydrogen-bond donors (Lipinski definition) is 1. The number of anilines is 1. The molecule has 2 heterocycles. The second-order valence-corrected chi connectivity index (χ2v) is 9.64. The van der Waals surface area contributed by atoms with Gasteiger partial charge in [-0.2, -0.15) is 0 Å². The number of para-hydroxylation sites is 1. The van der Waals surface area contributed by atoms with Gasteiger partial charge in [0.15, 0.2) is 0 Å². The molecule has 0 radical (unpaired) electrons. The predicted octanol–water partition coefficient (Wildman–Crippen LogP) is 4.50. The maximum absolute atomic E-state index is 13.3. The third-order valence-corrected chi connectivity index (χ3v) is 7.59. The van der Waals surface area contributed by atoms with Crippen LogP contribution < -0.4 is 10.2 Å². The quantitative estimate of drug-likeness (QED) is 0.752.